The number of unbranched alkanes of at least 4 members (excludes halogenated alkanes) is 1. The molecule has 0 aliphatic carbocycles. The fraction of sp³-hybridized carbons (Fsp3) is 0.308. The number of aryl methyl sites for hydroxylation is 1. The van der Waals surface area contributed by atoms with Crippen LogP contribution >= 0.6 is 11.6 Å². The standard InChI is InChI=1S/C13H15ClO2/c14-13-8-6-12(7-9-13)5-3-1-2-4-10-16-11-15/h2,4,6-9,11H,1,3,5,10H2. The molecule has 0 atom stereocenters. The highest BCUT2D eigenvalue weighted by Crippen LogP contribution is 2.11. The van der Waals surface area contributed by atoms with Crippen LogP contribution in [0.1, 0.15) is 18.4 Å². The first-order chi connectivity index (χ1) is 7.83. The molecule has 0 bridgehead atoms. The number of hydrogen-bond acceptors (Lipinski definition) is 2. The van der Waals surface area contributed by atoms with Gasteiger partial charge in [-0.25, -0.2) is 0 Å². The minimum absolute atomic E-state index is 0.366. The number of ether oxygens (including phenoxy) is 1. The average Bonchev–Trinajstić information content (AvgIpc) is 2.30. The van der Waals surface area contributed by atoms with Crippen LogP contribution in [0.15, 0.2) is 36.4 Å². The molecule has 0 fully saturated rings. The van der Waals surface area contributed by atoms with E-state index in [1.165, 1.54) is 5.56 Å². The zero-order valence-electron chi connectivity index (χ0n) is 9.06. The quantitative estimate of drug-likeness (QED) is 0.414. The van der Waals surface area contributed by atoms with Gasteiger partial charge in [-0.1, -0.05) is 35.9 Å². The van der Waals surface area contributed by atoms with E-state index in [1.54, 1.807) is 0 Å². The van der Waals surface area contributed by atoms with Crippen LogP contribution in [-0.4, -0.2) is 13.1 Å². The molecule has 0 N–H and O–H groups in total. The maximum atomic E-state index is 9.84. The highest BCUT2D eigenvalue weighted by atomic mass is 35.5. The largest absolute Gasteiger partial charge is 0.464 e. The topological polar surface area (TPSA) is 26.3 Å². The van der Waals surface area contributed by atoms with Crippen molar-refractivity contribution in [2.45, 2.75) is 19.3 Å². The van der Waals surface area contributed by atoms with Crippen molar-refractivity contribution in [3.63, 3.8) is 0 Å². The molecular weight excluding hydrogens is 224 g/mol. The highest BCUT2D eigenvalue weighted by molar-refractivity contribution is 6.30. The summed E-state index contributed by atoms with van der Waals surface area (Å²) in [4.78, 5) is 9.84. The molecule has 0 aliphatic rings. The third-order valence-electron chi connectivity index (χ3n) is 2.18. The molecular formula is C13H15ClO2. The second-order valence-electron chi connectivity index (χ2n) is 3.42. The summed E-state index contributed by atoms with van der Waals surface area (Å²) in [6.45, 7) is 0.822. The van der Waals surface area contributed by atoms with Crippen molar-refractivity contribution in [3.8, 4) is 0 Å². The normalized spacial score (nSPS) is 10.6. The summed E-state index contributed by atoms with van der Waals surface area (Å²) in [5.41, 5.74) is 1.29. The Balaban J connectivity index is 2.13. The molecule has 0 aliphatic heterocycles. The van der Waals surface area contributed by atoms with E-state index >= 15 is 0 Å². The second-order valence-corrected chi connectivity index (χ2v) is 3.86. The van der Waals surface area contributed by atoms with E-state index in [2.05, 4.69) is 4.74 Å². The molecule has 0 aromatic heterocycles. The molecule has 16 heavy (non-hydrogen) atoms. The smallest absolute Gasteiger partial charge is 0.293 e. The molecule has 1 rings (SSSR count). The van der Waals surface area contributed by atoms with E-state index in [-0.39, 0.29) is 0 Å². The Labute approximate surface area is 101 Å². The zero-order valence-corrected chi connectivity index (χ0v) is 9.82. The van der Waals surface area contributed by atoms with Gasteiger partial charge >= 0.3 is 0 Å². The molecule has 0 radical (unpaired) electrons. The number of rotatable bonds is 7. The molecule has 0 amide bonds. The van der Waals surface area contributed by atoms with Gasteiger partial charge in [0.1, 0.15) is 6.61 Å². The van der Waals surface area contributed by atoms with E-state index in [0.717, 1.165) is 24.3 Å². The van der Waals surface area contributed by atoms with Crippen LogP contribution in [0.2, 0.25) is 5.02 Å². The first-order valence-electron chi connectivity index (χ1n) is 5.27. The van der Waals surface area contributed by atoms with E-state index < -0.39 is 0 Å². The van der Waals surface area contributed by atoms with Crippen LogP contribution in [0.25, 0.3) is 0 Å². The Hall–Kier alpha value is -1.28. The zero-order chi connectivity index (χ0) is 11.6. The molecule has 2 nitrogen and oxygen atoms in total. The van der Waals surface area contributed by atoms with E-state index in [4.69, 9.17) is 11.6 Å². The number of carbonyl (C=O) groups is 1. The summed E-state index contributed by atoms with van der Waals surface area (Å²) in [6, 6.07) is 7.90. The molecule has 1 aromatic carbocycles. The van der Waals surface area contributed by atoms with Gasteiger partial charge in [0, 0.05) is 5.02 Å². The highest BCUT2D eigenvalue weighted by Gasteiger charge is 1.92. The molecule has 3 heteroatoms. The van der Waals surface area contributed by atoms with Crippen LogP contribution in [0.3, 0.4) is 0 Å². The third kappa shape index (κ3) is 5.56. The van der Waals surface area contributed by atoms with Crippen LogP contribution in [0.5, 0.6) is 0 Å². The minimum atomic E-state index is 0.366. The van der Waals surface area contributed by atoms with Gasteiger partial charge in [0.05, 0.1) is 0 Å². The van der Waals surface area contributed by atoms with Crippen LogP contribution in [0.4, 0.5) is 0 Å². The van der Waals surface area contributed by atoms with Crippen LogP contribution in [0, 0.1) is 0 Å². The first-order valence-corrected chi connectivity index (χ1v) is 5.65. The summed E-state index contributed by atoms with van der Waals surface area (Å²) in [6.07, 6.45) is 7.00. The fourth-order valence-electron chi connectivity index (χ4n) is 1.36. The lowest BCUT2D eigenvalue weighted by Crippen LogP contribution is -1.86. The third-order valence-corrected chi connectivity index (χ3v) is 2.43. The second kappa shape index (κ2) is 7.94. The number of halogens is 1. The summed E-state index contributed by atoms with van der Waals surface area (Å²) in [5.74, 6) is 0. The summed E-state index contributed by atoms with van der Waals surface area (Å²) < 4.78 is 4.53. The Morgan fingerprint density at radius 3 is 2.62 bits per heavy atom. The number of hydrogen-bond donors (Lipinski definition) is 0. The first kappa shape index (κ1) is 12.8. The SMILES string of the molecule is O=COCC=CCCCc1ccc(Cl)cc1. The summed E-state index contributed by atoms with van der Waals surface area (Å²) in [5, 5.41) is 0.773. The summed E-state index contributed by atoms with van der Waals surface area (Å²) in [7, 11) is 0. The Kier molecular flexibility index (Phi) is 6.35. The molecule has 0 heterocycles. The lowest BCUT2D eigenvalue weighted by Gasteiger charge is -1.99. The number of allylic oxidation sites excluding steroid dienone is 1. The summed E-state index contributed by atoms with van der Waals surface area (Å²) >= 11 is 5.79. The van der Waals surface area contributed by atoms with E-state index in [9.17, 15) is 4.79 Å². The minimum Gasteiger partial charge on any atom is -0.464 e. The van der Waals surface area contributed by atoms with Gasteiger partial charge in [0.15, 0.2) is 0 Å². The van der Waals surface area contributed by atoms with Crippen molar-refractivity contribution >= 4 is 18.1 Å². The predicted molar refractivity (Wildman–Crippen MR) is 65.5 cm³/mol. The number of carbonyl (C=O) groups excluding carboxylic acids is 1. The predicted octanol–water partition coefficient (Wildman–Crippen LogP) is 3.39. The molecule has 0 saturated heterocycles. The van der Waals surface area contributed by atoms with Gasteiger partial charge in [0.2, 0.25) is 0 Å². The van der Waals surface area contributed by atoms with Gasteiger partial charge in [-0.2, -0.15) is 0 Å². The van der Waals surface area contributed by atoms with Crippen molar-refractivity contribution in [2.24, 2.45) is 0 Å². The maximum absolute atomic E-state index is 9.84. The lowest BCUT2D eigenvalue weighted by molar-refractivity contribution is -0.127. The van der Waals surface area contributed by atoms with Gasteiger partial charge in [-0.3, -0.25) is 4.79 Å². The van der Waals surface area contributed by atoms with Crippen molar-refractivity contribution in [1.82, 2.24) is 0 Å². The average molecular weight is 239 g/mol. The van der Waals surface area contributed by atoms with Crippen molar-refractivity contribution in [2.75, 3.05) is 6.61 Å². The van der Waals surface area contributed by atoms with Crippen molar-refractivity contribution in [1.29, 1.82) is 0 Å². The fourth-order valence-corrected chi connectivity index (χ4v) is 1.48. The number of benzene rings is 1. The molecule has 86 valence electrons. The van der Waals surface area contributed by atoms with Crippen LogP contribution in [-0.2, 0) is 16.0 Å². The lowest BCUT2D eigenvalue weighted by atomic mass is 10.1. The maximum Gasteiger partial charge on any atom is 0.293 e. The van der Waals surface area contributed by atoms with Gasteiger partial charge < -0.3 is 4.74 Å². The van der Waals surface area contributed by atoms with Crippen molar-refractivity contribution < 1.29 is 9.53 Å². The Morgan fingerprint density at radius 1 is 1.19 bits per heavy atom. The van der Waals surface area contributed by atoms with Crippen molar-refractivity contribution in [3.05, 3.63) is 47.0 Å². The van der Waals surface area contributed by atoms with Gasteiger partial charge in [0.25, 0.3) is 6.47 Å². The van der Waals surface area contributed by atoms with Gasteiger partial charge in [-0.15, -0.1) is 0 Å². The molecule has 0 unspecified atom stereocenters. The molecule has 0 spiro atoms. The van der Waals surface area contributed by atoms with Crippen LogP contribution < -0.4 is 0 Å². The molecule has 0 saturated carbocycles. The van der Waals surface area contributed by atoms with Gasteiger partial charge in [-0.05, 0) is 37.0 Å². The van der Waals surface area contributed by atoms with E-state index in [1.807, 2.05) is 36.4 Å². The van der Waals surface area contributed by atoms with E-state index in [0.29, 0.717) is 13.1 Å². The Bertz CT molecular complexity index is 330. The monoisotopic (exact) mass is 238 g/mol. The molecule has 1 aromatic rings. The Morgan fingerprint density at radius 2 is 1.94 bits per heavy atom.